The minimum atomic E-state index is 0.0836. The van der Waals surface area contributed by atoms with Gasteiger partial charge in [0.25, 0.3) is 0 Å². The highest BCUT2D eigenvalue weighted by Crippen LogP contribution is 2.26. The third-order valence-corrected chi connectivity index (χ3v) is 4.95. The fourth-order valence-electron chi connectivity index (χ4n) is 2.89. The Bertz CT molecular complexity index is 883. The van der Waals surface area contributed by atoms with E-state index in [9.17, 15) is 4.79 Å². The maximum absolute atomic E-state index is 11.8. The molecule has 26 heavy (non-hydrogen) atoms. The fourth-order valence-corrected chi connectivity index (χ4v) is 3.59. The van der Waals surface area contributed by atoms with Crippen molar-refractivity contribution in [3.8, 4) is 5.75 Å². The van der Waals surface area contributed by atoms with Gasteiger partial charge in [-0.25, -0.2) is 4.98 Å². The lowest BCUT2D eigenvalue weighted by atomic mass is 10.1. The molecule has 3 aromatic rings. The maximum atomic E-state index is 11.8. The van der Waals surface area contributed by atoms with Gasteiger partial charge in [0.1, 0.15) is 17.4 Å². The van der Waals surface area contributed by atoms with E-state index >= 15 is 0 Å². The topological polar surface area (TPSA) is 42.4 Å². The molecule has 0 fully saturated rings. The van der Waals surface area contributed by atoms with Crippen LogP contribution in [0.5, 0.6) is 5.75 Å². The molecule has 0 aliphatic carbocycles. The van der Waals surface area contributed by atoms with Gasteiger partial charge in [0, 0.05) is 24.2 Å². The SMILES string of the molecule is CC(=O)N(Cc1csc(COc2cccc3ccccc23)n1)CC(C)C. The summed E-state index contributed by atoms with van der Waals surface area (Å²) in [7, 11) is 0. The van der Waals surface area contributed by atoms with Crippen LogP contribution in [0.2, 0.25) is 0 Å². The number of rotatable bonds is 7. The molecule has 4 nitrogen and oxygen atoms in total. The summed E-state index contributed by atoms with van der Waals surface area (Å²) in [4.78, 5) is 18.3. The van der Waals surface area contributed by atoms with Gasteiger partial charge < -0.3 is 9.64 Å². The van der Waals surface area contributed by atoms with Gasteiger partial charge in [-0.3, -0.25) is 4.79 Å². The molecule has 0 saturated carbocycles. The van der Waals surface area contributed by atoms with Crippen molar-refractivity contribution in [3.05, 3.63) is 58.5 Å². The van der Waals surface area contributed by atoms with E-state index in [1.165, 1.54) is 0 Å². The Kier molecular flexibility index (Phi) is 5.89. The van der Waals surface area contributed by atoms with Crippen LogP contribution < -0.4 is 4.74 Å². The average Bonchev–Trinajstić information content (AvgIpc) is 3.06. The van der Waals surface area contributed by atoms with E-state index in [-0.39, 0.29) is 5.91 Å². The summed E-state index contributed by atoms with van der Waals surface area (Å²) >= 11 is 1.57. The highest BCUT2D eigenvalue weighted by Gasteiger charge is 2.13. The van der Waals surface area contributed by atoms with Gasteiger partial charge in [0.2, 0.25) is 5.91 Å². The van der Waals surface area contributed by atoms with Crippen molar-refractivity contribution in [1.82, 2.24) is 9.88 Å². The molecular formula is C21H24N2O2S. The monoisotopic (exact) mass is 368 g/mol. The molecule has 0 aliphatic heterocycles. The van der Waals surface area contributed by atoms with Crippen LogP contribution >= 0.6 is 11.3 Å². The van der Waals surface area contributed by atoms with Gasteiger partial charge in [-0.2, -0.15) is 0 Å². The zero-order valence-corrected chi connectivity index (χ0v) is 16.3. The molecule has 5 heteroatoms. The molecular weight excluding hydrogens is 344 g/mol. The van der Waals surface area contributed by atoms with Crippen LogP contribution in [-0.2, 0) is 17.9 Å². The van der Waals surface area contributed by atoms with Gasteiger partial charge in [-0.1, -0.05) is 50.2 Å². The number of aromatic nitrogens is 1. The van der Waals surface area contributed by atoms with Crippen LogP contribution in [0.4, 0.5) is 0 Å². The quantitative estimate of drug-likeness (QED) is 0.597. The number of nitrogens with zero attached hydrogens (tertiary/aromatic N) is 2. The van der Waals surface area contributed by atoms with E-state index in [1.54, 1.807) is 18.3 Å². The van der Waals surface area contributed by atoms with Crippen LogP contribution in [0.1, 0.15) is 31.5 Å². The van der Waals surface area contributed by atoms with Crippen LogP contribution in [0.25, 0.3) is 10.8 Å². The molecule has 0 saturated heterocycles. The van der Waals surface area contributed by atoms with E-state index in [0.717, 1.165) is 33.8 Å². The second kappa shape index (κ2) is 8.32. The number of amides is 1. The molecule has 0 unspecified atom stereocenters. The maximum Gasteiger partial charge on any atom is 0.219 e. The van der Waals surface area contributed by atoms with Crippen LogP contribution in [0.15, 0.2) is 47.8 Å². The summed E-state index contributed by atoms with van der Waals surface area (Å²) in [5.74, 6) is 1.39. The van der Waals surface area contributed by atoms with Crippen molar-refractivity contribution in [1.29, 1.82) is 0 Å². The average molecular weight is 369 g/mol. The Morgan fingerprint density at radius 1 is 1.19 bits per heavy atom. The number of ether oxygens (including phenoxy) is 1. The molecule has 2 aromatic carbocycles. The second-order valence-electron chi connectivity index (χ2n) is 6.79. The van der Waals surface area contributed by atoms with Gasteiger partial charge in [0.15, 0.2) is 0 Å². The van der Waals surface area contributed by atoms with Crippen LogP contribution in [-0.4, -0.2) is 22.3 Å². The molecule has 0 spiro atoms. The number of carbonyl (C=O) groups is 1. The van der Waals surface area contributed by atoms with Crippen molar-refractivity contribution < 1.29 is 9.53 Å². The van der Waals surface area contributed by atoms with Crippen molar-refractivity contribution in [2.75, 3.05) is 6.54 Å². The lowest BCUT2D eigenvalue weighted by molar-refractivity contribution is -0.130. The standard InChI is InChI=1S/C21H24N2O2S/c1-15(2)11-23(16(3)24)12-18-14-26-21(22-18)13-25-20-10-6-8-17-7-4-5-9-19(17)20/h4-10,14-15H,11-13H2,1-3H3. The highest BCUT2D eigenvalue weighted by atomic mass is 32.1. The molecule has 1 amide bonds. The smallest absolute Gasteiger partial charge is 0.219 e. The fraction of sp³-hybridized carbons (Fsp3) is 0.333. The minimum absolute atomic E-state index is 0.0836. The summed E-state index contributed by atoms with van der Waals surface area (Å²) in [6, 6.07) is 14.2. The predicted octanol–water partition coefficient (Wildman–Crippen LogP) is 4.88. The first-order chi connectivity index (χ1) is 12.5. The second-order valence-corrected chi connectivity index (χ2v) is 7.73. The molecule has 136 valence electrons. The number of carbonyl (C=O) groups excluding carboxylic acids is 1. The number of fused-ring (bicyclic) bond motifs is 1. The predicted molar refractivity (Wildman–Crippen MR) is 106 cm³/mol. The first-order valence-corrected chi connectivity index (χ1v) is 9.70. The Balaban J connectivity index is 1.66. The lowest BCUT2D eigenvalue weighted by Gasteiger charge is -2.22. The number of thiazole rings is 1. The van der Waals surface area contributed by atoms with E-state index in [1.807, 2.05) is 34.5 Å². The molecule has 0 bridgehead atoms. The molecule has 1 aromatic heterocycles. The van der Waals surface area contributed by atoms with E-state index in [2.05, 4.69) is 37.0 Å². The summed E-state index contributed by atoms with van der Waals surface area (Å²) in [6.07, 6.45) is 0. The van der Waals surface area contributed by atoms with Crippen molar-refractivity contribution >= 4 is 28.0 Å². The largest absolute Gasteiger partial charge is 0.486 e. The first-order valence-electron chi connectivity index (χ1n) is 8.82. The van der Waals surface area contributed by atoms with E-state index < -0.39 is 0 Å². The zero-order valence-electron chi connectivity index (χ0n) is 15.4. The summed E-state index contributed by atoms with van der Waals surface area (Å²) in [5, 5.41) is 5.20. The van der Waals surface area contributed by atoms with E-state index in [4.69, 9.17) is 4.74 Å². The Hall–Kier alpha value is -2.40. The molecule has 0 aliphatic rings. The van der Waals surface area contributed by atoms with Gasteiger partial charge >= 0.3 is 0 Å². The molecule has 0 N–H and O–H groups in total. The minimum Gasteiger partial charge on any atom is -0.486 e. The van der Waals surface area contributed by atoms with Crippen molar-refractivity contribution in [3.63, 3.8) is 0 Å². The Labute approximate surface area is 158 Å². The van der Waals surface area contributed by atoms with Crippen LogP contribution in [0, 0.1) is 5.92 Å². The number of hydrogen-bond acceptors (Lipinski definition) is 4. The van der Waals surface area contributed by atoms with Gasteiger partial charge in [-0.15, -0.1) is 11.3 Å². The lowest BCUT2D eigenvalue weighted by Crippen LogP contribution is -2.31. The normalized spacial score (nSPS) is 11.1. The van der Waals surface area contributed by atoms with Crippen molar-refractivity contribution in [2.45, 2.75) is 33.9 Å². The molecule has 1 heterocycles. The number of hydrogen-bond donors (Lipinski definition) is 0. The molecule has 0 atom stereocenters. The molecule has 3 rings (SSSR count). The van der Waals surface area contributed by atoms with Gasteiger partial charge in [0.05, 0.1) is 12.2 Å². The summed E-state index contributed by atoms with van der Waals surface area (Å²) < 4.78 is 6.00. The third-order valence-electron chi connectivity index (χ3n) is 4.08. The van der Waals surface area contributed by atoms with Crippen molar-refractivity contribution in [2.24, 2.45) is 5.92 Å². The summed E-state index contributed by atoms with van der Waals surface area (Å²) in [5.41, 5.74) is 0.919. The first kappa shape index (κ1) is 18.4. The number of benzene rings is 2. The Morgan fingerprint density at radius 2 is 1.96 bits per heavy atom. The van der Waals surface area contributed by atoms with Gasteiger partial charge in [-0.05, 0) is 17.4 Å². The summed E-state index contributed by atoms with van der Waals surface area (Å²) in [6.45, 7) is 7.57. The highest BCUT2D eigenvalue weighted by molar-refractivity contribution is 7.09. The van der Waals surface area contributed by atoms with E-state index in [0.29, 0.717) is 19.1 Å². The third kappa shape index (κ3) is 4.61. The molecule has 0 radical (unpaired) electrons. The van der Waals surface area contributed by atoms with Crippen LogP contribution in [0.3, 0.4) is 0 Å². The zero-order chi connectivity index (χ0) is 18.5. The Morgan fingerprint density at radius 3 is 2.73 bits per heavy atom.